The highest BCUT2D eigenvalue weighted by molar-refractivity contribution is 5.95. The lowest BCUT2D eigenvalue weighted by atomic mass is 10.2. The first-order chi connectivity index (χ1) is 12.0. The molecular weight excluding hydrogens is 320 g/mol. The molecule has 0 unspecified atom stereocenters. The minimum atomic E-state index is -0.322. The number of nitrogens with one attached hydrogen (secondary N) is 1. The summed E-state index contributed by atoms with van der Waals surface area (Å²) < 4.78 is 10.6. The highest BCUT2D eigenvalue weighted by atomic mass is 16.5. The topological polar surface area (TPSA) is 80.2 Å². The number of carbonyl (C=O) groups is 1. The molecule has 0 aliphatic rings. The van der Waals surface area contributed by atoms with Crippen molar-refractivity contribution in [3.05, 3.63) is 53.6 Å². The van der Waals surface area contributed by atoms with Crippen molar-refractivity contribution in [3.63, 3.8) is 0 Å². The number of ether oxygens (including phenoxy) is 2. The lowest BCUT2D eigenvalue weighted by Crippen LogP contribution is -2.17. The summed E-state index contributed by atoms with van der Waals surface area (Å²) in [4.78, 5) is 12.1. The fourth-order valence-electron chi connectivity index (χ4n) is 1.97. The first-order valence-corrected chi connectivity index (χ1v) is 7.93. The number of hydrogen-bond acceptors (Lipinski definition) is 5. The Morgan fingerprint density at radius 2 is 1.96 bits per heavy atom. The molecule has 0 fully saturated rings. The van der Waals surface area contributed by atoms with Gasteiger partial charge in [-0.1, -0.05) is 13.8 Å². The van der Waals surface area contributed by atoms with E-state index in [0.717, 1.165) is 5.75 Å². The van der Waals surface area contributed by atoms with Crippen LogP contribution in [0.3, 0.4) is 0 Å². The third kappa shape index (κ3) is 5.53. The maximum Gasteiger partial charge on any atom is 0.271 e. The molecule has 0 aliphatic heterocycles. The Labute approximate surface area is 147 Å². The second-order valence-corrected chi connectivity index (χ2v) is 5.86. The standard InChI is InChI=1S/C19H22N2O4/c1-13(2)12-25-16-7-5-15(6-8-16)19(23)21-20-11-14-4-9-17(22)18(10-14)24-3/h4-11,13,22H,12H2,1-3H3,(H,21,23). The summed E-state index contributed by atoms with van der Waals surface area (Å²) in [5.74, 6) is 1.23. The number of methoxy groups -OCH3 is 1. The lowest BCUT2D eigenvalue weighted by molar-refractivity contribution is 0.0955. The molecule has 0 atom stereocenters. The van der Waals surface area contributed by atoms with Gasteiger partial charge in [0, 0.05) is 5.56 Å². The minimum Gasteiger partial charge on any atom is -0.504 e. The molecule has 0 heterocycles. The van der Waals surface area contributed by atoms with Crippen molar-refractivity contribution in [3.8, 4) is 17.2 Å². The van der Waals surface area contributed by atoms with Gasteiger partial charge in [0.15, 0.2) is 11.5 Å². The summed E-state index contributed by atoms with van der Waals surface area (Å²) in [7, 11) is 1.46. The van der Waals surface area contributed by atoms with E-state index < -0.39 is 0 Å². The number of phenolic OH excluding ortho intramolecular Hbond substituents is 1. The van der Waals surface area contributed by atoms with Crippen LogP contribution in [0.25, 0.3) is 0 Å². The first-order valence-electron chi connectivity index (χ1n) is 7.93. The highest BCUT2D eigenvalue weighted by Crippen LogP contribution is 2.25. The molecule has 0 radical (unpaired) electrons. The van der Waals surface area contributed by atoms with Crippen LogP contribution in [0.5, 0.6) is 17.2 Å². The van der Waals surface area contributed by atoms with Crippen molar-refractivity contribution in [1.82, 2.24) is 5.43 Å². The second kappa shape index (κ2) is 8.73. The molecule has 0 saturated heterocycles. The Kier molecular flexibility index (Phi) is 6.39. The normalized spacial score (nSPS) is 10.9. The average molecular weight is 342 g/mol. The van der Waals surface area contributed by atoms with E-state index in [-0.39, 0.29) is 11.7 Å². The van der Waals surface area contributed by atoms with Gasteiger partial charge in [0.05, 0.1) is 19.9 Å². The molecule has 2 rings (SSSR count). The van der Waals surface area contributed by atoms with Crippen LogP contribution < -0.4 is 14.9 Å². The highest BCUT2D eigenvalue weighted by Gasteiger charge is 2.05. The van der Waals surface area contributed by atoms with E-state index in [1.807, 2.05) is 0 Å². The smallest absolute Gasteiger partial charge is 0.271 e. The number of hydrazone groups is 1. The predicted molar refractivity (Wildman–Crippen MR) is 96.5 cm³/mol. The van der Waals surface area contributed by atoms with E-state index >= 15 is 0 Å². The average Bonchev–Trinajstić information content (AvgIpc) is 2.61. The van der Waals surface area contributed by atoms with Crippen molar-refractivity contribution in [1.29, 1.82) is 0 Å². The Hall–Kier alpha value is -3.02. The number of phenols is 1. The molecule has 0 saturated carbocycles. The van der Waals surface area contributed by atoms with Crippen molar-refractivity contribution >= 4 is 12.1 Å². The third-order valence-electron chi connectivity index (χ3n) is 3.28. The van der Waals surface area contributed by atoms with Gasteiger partial charge in [0.25, 0.3) is 5.91 Å². The number of benzene rings is 2. The summed E-state index contributed by atoms with van der Waals surface area (Å²) in [6, 6.07) is 11.7. The van der Waals surface area contributed by atoms with Gasteiger partial charge < -0.3 is 14.6 Å². The zero-order valence-electron chi connectivity index (χ0n) is 14.5. The summed E-state index contributed by atoms with van der Waals surface area (Å²) in [6.07, 6.45) is 1.47. The monoisotopic (exact) mass is 342 g/mol. The van der Waals surface area contributed by atoms with Crippen molar-refractivity contribution in [2.24, 2.45) is 11.0 Å². The van der Waals surface area contributed by atoms with E-state index in [0.29, 0.717) is 29.4 Å². The third-order valence-corrected chi connectivity index (χ3v) is 3.28. The number of carbonyl (C=O) groups excluding carboxylic acids is 1. The molecule has 2 aromatic rings. The van der Waals surface area contributed by atoms with Crippen LogP contribution in [-0.2, 0) is 0 Å². The van der Waals surface area contributed by atoms with Gasteiger partial charge in [0.2, 0.25) is 0 Å². The SMILES string of the molecule is COc1cc(C=NNC(=O)c2ccc(OCC(C)C)cc2)ccc1O. The molecule has 2 aromatic carbocycles. The molecule has 6 nitrogen and oxygen atoms in total. The first kappa shape index (κ1) is 18.3. The molecule has 6 heteroatoms. The molecule has 0 spiro atoms. The summed E-state index contributed by atoms with van der Waals surface area (Å²) in [6.45, 7) is 4.78. The van der Waals surface area contributed by atoms with Crippen LogP contribution in [0.15, 0.2) is 47.6 Å². The molecule has 2 N–H and O–H groups in total. The number of hydrogen-bond donors (Lipinski definition) is 2. The lowest BCUT2D eigenvalue weighted by Gasteiger charge is -2.08. The number of nitrogens with zero attached hydrogens (tertiary/aromatic N) is 1. The molecular formula is C19H22N2O4. The zero-order chi connectivity index (χ0) is 18.2. The van der Waals surface area contributed by atoms with Gasteiger partial charge in [-0.3, -0.25) is 4.79 Å². The van der Waals surface area contributed by atoms with E-state index in [4.69, 9.17) is 9.47 Å². The van der Waals surface area contributed by atoms with Crippen LogP contribution in [0.2, 0.25) is 0 Å². The molecule has 132 valence electrons. The maximum absolute atomic E-state index is 12.1. The number of aromatic hydroxyl groups is 1. The summed E-state index contributed by atoms with van der Waals surface area (Å²) in [5.41, 5.74) is 3.63. The summed E-state index contributed by atoms with van der Waals surface area (Å²) in [5, 5.41) is 13.5. The fraction of sp³-hybridized carbons (Fsp3) is 0.263. The van der Waals surface area contributed by atoms with Gasteiger partial charge in [-0.2, -0.15) is 5.10 Å². The van der Waals surface area contributed by atoms with Gasteiger partial charge in [-0.25, -0.2) is 5.43 Å². The van der Waals surface area contributed by atoms with E-state index in [9.17, 15) is 9.90 Å². The number of rotatable bonds is 7. The van der Waals surface area contributed by atoms with Crippen molar-refractivity contribution in [2.45, 2.75) is 13.8 Å². The van der Waals surface area contributed by atoms with Crippen LogP contribution in [0.1, 0.15) is 29.8 Å². The van der Waals surface area contributed by atoms with Gasteiger partial charge in [0.1, 0.15) is 5.75 Å². The van der Waals surface area contributed by atoms with E-state index in [1.165, 1.54) is 19.4 Å². The second-order valence-electron chi connectivity index (χ2n) is 5.86. The van der Waals surface area contributed by atoms with Crippen LogP contribution in [0, 0.1) is 5.92 Å². The number of amides is 1. The molecule has 25 heavy (non-hydrogen) atoms. The largest absolute Gasteiger partial charge is 0.504 e. The Morgan fingerprint density at radius 1 is 1.24 bits per heavy atom. The zero-order valence-corrected chi connectivity index (χ0v) is 14.5. The Bertz CT molecular complexity index is 740. The maximum atomic E-state index is 12.1. The van der Waals surface area contributed by atoms with Crippen LogP contribution in [-0.4, -0.2) is 30.9 Å². The minimum absolute atomic E-state index is 0.0449. The quantitative estimate of drug-likeness (QED) is 0.598. The van der Waals surface area contributed by atoms with Gasteiger partial charge in [-0.05, 0) is 53.9 Å². The Morgan fingerprint density at radius 3 is 2.60 bits per heavy atom. The summed E-state index contributed by atoms with van der Waals surface area (Å²) >= 11 is 0. The predicted octanol–water partition coefficient (Wildman–Crippen LogP) is 3.20. The Balaban J connectivity index is 1.93. The van der Waals surface area contributed by atoms with Crippen molar-refractivity contribution in [2.75, 3.05) is 13.7 Å². The van der Waals surface area contributed by atoms with Crippen LogP contribution in [0.4, 0.5) is 0 Å². The van der Waals surface area contributed by atoms with Gasteiger partial charge in [-0.15, -0.1) is 0 Å². The molecule has 0 bridgehead atoms. The van der Waals surface area contributed by atoms with Crippen molar-refractivity contribution < 1.29 is 19.4 Å². The molecule has 0 aromatic heterocycles. The molecule has 0 aliphatic carbocycles. The van der Waals surface area contributed by atoms with E-state index in [1.54, 1.807) is 36.4 Å². The fourth-order valence-corrected chi connectivity index (χ4v) is 1.97. The van der Waals surface area contributed by atoms with E-state index in [2.05, 4.69) is 24.4 Å². The van der Waals surface area contributed by atoms with Crippen LogP contribution >= 0.6 is 0 Å². The van der Waals surface area contributed by atoms with Gasteiger partial charge >= 0.3 is 0 Å². The molecule has 1 amide bonds.